The Morgan fingerprint density at radius 3 is 2.71 bits per heavy atom. The van der Waals surface area contributed by atoms with Gasteiger partial charge in [-0.05, 0) is 54.3 Å². The molecular formula is C17H17ClN2O. The minimum absolute atomic E-state index is 0.101. The van der Waals surface area contributed by atoms with Crippen LogP contribution < -0.4 is 5.73 Å². The Bertz CT molecular complexity index is 664. The molecule has 0 bridgehead atoms. The van der Waals surface area contributed by atoms with Crippen molar-refractivity contribution in [2.75, 3.05) is 13.2 Å². The Labute approximate surface area is 129 Å². The zero-order valence-corrected chi connectivity index (χ0v) is 12.3. The van der Waals surface area contributed by atoms with Gasteiger partial charge < -0.3 is 10.8 Å². The van der Waals surface area contributed by atoms with Crippen molar-refractivity contribution in [1.29, 1.82) is 5.26 Å². The minimum Gasteiger partial charge on any atom is -0.396 e. The highest BCUT2D eigenvalue weighted by molar-refractivity contribution is 6.33. The SMILES string of the molecule is N#Cc1cccc(-c2cc([C@H](CN)CCO)ccc2Cl)c1. The summed E-state index contributed by atoms with van der Waals surface area (Å²) in [6.45, 7) is 0.573. The van der Waals surface area contributed by atoms with Crippen LogP contribution in [0.1, 0.15) is 23.5 Å². The number of aliphatic hydroxyl groups is 1. The van der Waals surface area contributed by atoms with E-state index in [1.807, 2.05) is 36.4 Å². The number of hydrogen-bond donors (Lipinski definition) is 2. The average Bonchev–Trinajstić information content (AvgIpc) is 2.53. The molecule has 2 rings (SSSR count). The van der Waals surface area contributed by atoms with Gasteiger partial charge in [-0.15, -0.1) is 0 Å². The van der Waals surface area contributed by atoms with E-state index < -0.39 is 0 Å². The summed E-state index contributed by atoms with van der Waals surface area (Å²) in [5, 5.41) is 18.8. The third-order valence-corrected chi connectivity index (χ3v) is 3.86. The Morgan fingerprint density at radius 1 is 1.24 bits per heavy atom. The maximum atomic E-state index is 9.12. The quantitative estimate of drug-likeness (QED) is 0.890. The molecule has 0 fully saturated rings. The highest BCUT2D eigenvalue weighted by Gasteiger charge is 2.12. The molecule has 1 atom stereocenters. The zero-order valence-electron chi connectivity index (χ0n) is 11.6. The first kappa shape index (κ1) is 15.5. The van der Waals surface area contributed by atoms with Crippen molar-refractivity contribution in [3.05, 3.63) is 58.6 Å². The molecule has 0 saturated heterocycles. The van der Waals surface area contributed by atoms with Crippen LogP contribution in [0.15, 0.2) is 42.5 Å². The van der Waals surface area contributed by atoms with Crippen molar-refractivity contribution < 1.29 is 5.11 Å². The number of hydrogen-bond acceptors (Lipinski definition) is 3. The van der Waals surface area contributed by atoms with Gasteiger partial charge in [0.2, 0.25) is 0 Å². The summed E-state index contributed by atoms with van der Waals surface area (Å²) in [7, 11) is 0. The molecule has 108 valence electrons. The second kappa shape index (κ2) is 7.24. The summed E-state index contributed by atoms with van der Waals surface area (Å²) in [4.78, 5) is 0. The molecule has 0 unspecified atom stereocenters. The Hall–Kier alpha value is -1.86. The number of rotatable bonds is 5. The van der Waals surface area contributed by atoms with Gasteiger partial charge in [0, 0.05) is 17.2 Å². The van der Waals surface area contributed by atoms with Crippen LogP contribution in [0, 0.1) is 11.3 Å². The fourth-order valence-electron chi connectivity index (χ4n) is 2.35. The van der Waals surface area contributed by atoms with Crippen LogP contribution in [0.3, 0.4) is 0 Å². The monoisotopic (exact) mass is 300 g/mol. The number of nitriles is 1. The van der Waals surface area contributed by atoms with Crippen LogP contribution in [-0.2, 0) is 0 Å². The van der Waals surface area contributed by atoms with Crippen molar-refractivity contribution >= 4 is 11.6 Å². The Kier molecular flexibility index (Phi) is 5.35. The first-order valence-corrected chi connectivity index (χ1v) is 7.18. The Morgan fingerprint density at radius 2 is 2.05 bits per heavy atom. The van der Waals surface area contributed by atoms with Gasteiger partial charge in [-0.25, -0.2) is 0 Å². The molecule has 2 aromatic rings. The van der Waals surface area contributed by atoms with Crippen molar-refractivity contribution in [3.63, 3.8) is 0 Å². The first-order valence-electron chi connectivity index (χ1n) is 6.80. The van der Waals surface area contributed by atoms with Gasteiger partial charge in [-0.1, -0.05) is 29.8 Å². The van der Waals surface area contributed by atoms with E-state index in [4.69, 9.17) is 27.7 Å². The summed E-state index contributed by atoms with van der Waals surface area (Å²) in [5.74, 6) is 0.102. The van der Waals surface area contributed by atoms with Crippen LogP contribution in [0.5, 0.6) is 0 Å². The van der Waals surface area contributed by atoms with Gasteiger partial charge >= 0.3 is 0 Å². The standard InChI is InChI=1S/C17H17ClN2O/c18-17-5-4-13(15(11-20)6-7-21)9-16(17)14-3-1-2-12(8-14)10-19/h1-5,8-9,15,21H,6-7,11,20H2/t15-/m0/s1. The number of nitrogens with zero attached hydrogens (tertiary/aromatic N) is 1. The van der Waals surface area contributed by atoms with E-state index in [1.165, 1.54) is 0 Å². The molecule has 0 amide bonds. The van der Waals surface area contributed by atoms with Gasteiger partial charge in [-0.3, -0.25) is 0 Å². The maximum Gasteiger partial charge on any atom is 0.0991 e. The van der Waals surface area contributed by atoms with E-state index in [-0.39, 0.29) is 12.5 Å². The lowest BCUT2D eigenvalue weighted by atomic mass is 9.92. The van der Waals surface area contributed by atoms with Crippen molar-refractivity contribution in [2.45, 2.75) is 12.3 Å². The van der Waals surface area contributed by atoms with Crippen molar-refractivity contribution in [1.82, 2.24) is 0 Å². The number of benzene rings is 2. The second-order valence-corrected chi connectivity index (χ2v) is 5.28. The first-order chi connectivity index (χ1) is 10.2. The van der Waals surface area contributed by atoms with Crippen LogP contribution in [0.2, 0.25) is 5.02 Å². The third-order valence-electron chi connectivity index (χ3n) is 3.53. The van der Waals surface area contributed by atoms with E-state index in [0.717, 1.165) is 16.7 Å². The molecule has 3 N–H and O–H groups in total. The molecule has 0 radical (unpaired) electrons. The second-order valence-electron chi connectivity index (χ2n) is 4.88. The van der Waals surface area contributed by atoms with Gasteiger partial charge in [0.05, 0.1) is 11.6 Å². The minimum atomic E-state index is 0.101. The fraction of sp³-hybridized carbons (Fsp3) is 0.235. The summed E-state index contributed by atoms with van der Waals surface area (Å²) < 4.78 is 0. The number of nitrogens with two attached hydrogens (primary N) is 1. The maximum absolute atomic E-state index is 9.12. The number of aliphatic hydroxyl groups excluding tert-OH is 1. The molecule has 0 spiro atoms. The lowest BCUT2D eigenvalue weighted by Gasteiger charge is -2.16. The van der Waals surface area contributed by atoms with E-state index in [2.05, 4.69) is 6.07 Å². The molecule has 4 heteroatoms. The third kappa shape index (κ3) is 3.62. The van der Waals surface area contributed by atoms with Crippen LogP contribution in [0.4, 0.5) is 0 Å². The van der Waals surface area contributed by atoms with Crippen LogP contribution in [-0.4, -0.2) is 18.3 Å². The van der Waals surface area contributed by atoms with E-state index in [9.17, 15) is 0 Å². The lowest BCUT2D eigenvalue weighted by Crippen LogP contribution is -2.14. The van der Waals surface area contributed by atoms with Crippen molar-refractivity contribution in [2.24, 2.45) is 5.73 Å². The highest BCUT2D eigenvalue weighted by atomic mass is 35.5. The molecule has 0 aliphatic rings. The van der Waals surface area contributed by atoms with Gasteiger partial charge in [0.1, 0.15) is 0 Å². The van der Waals surface area contributed by atoms with Crippen molar-refractivity contribution in [3.8, 4) is 17.2 Å². The predicted molar refractivity (Wildman–Crippen MR) is 85.1 cm³/mol. The molecule has 0 aliphatic heterocycles. The molecule has 3 nitrogen and oxygen atoms in total. The number of halogens is 1. The molecule has 0 saturated carbocycles. The largest absolute Gasteiger partial charge is 0.396 e. The van der Waals surface area contributed by atoms with E-state index in [1.54, 1.807) is 6.07 Å². The molecule has 0 aliphatic carbocycles. The molecular weight excluding hydrogens is 284 g/mol. The van der Waals surface area contributed by atoms with Gasteiger partial charge in [0.25, 0.3) is 0 Å². The summed E-state index contributed by atoms with van der Waals surface area (Å²) in [6, 6.07) is 15.2. The van der Waals surface area contributed by atoms with Gasteiger partial charge in [-0.2, -0.15) is 5.26 Å². The zero-order chi connectivity index (χ0) is 15.2. The average molecular weight is 301 g/mol. The van der Waals surface area contributed by atoms with E-state index in [0.29, 0.717) is 23.6 Å². The molecule has 2 aromatic carbocycles. The summed E-state index contributed by atoms with van der Waals surface area (Å²) in [5.41, 5.74) is 9.20. The highest BCUT2D eigenvalue weighted by Crippen LogP contribution is 2.32. The van der Waals surface area contributed by atoms with Gasteiger partial charge in [0.15, 0.2) is 0 Å². The predicted octanol–water partition coefficient (Wildman–Crippen LogP) is 3.30. The summed E-state index contributed by atoms with van der Waals surface area (Å²) in [6.07, 6.45) is 0.621. The lowest BCUT2D eigenvalue weighted by molar-refractivity contribution is 0.276. The van der Waals surface area contributed by atoms with Crippen LogP contribution >= 0.6 is 11.6 Å². The Balaban J connectivity index is 2.46. The molecule has 0 heterocycles. The normalized spacial score (nSPS) is 11.9. The summed E-state index contributed by atoms with van der Waals surface area (Å²) >= 11 is 6.29. The van der Waals surface area contributed by atoms with E-state index >= 15 is 0 Å². The topological polar surface area (TPSA) is 70.0 Å². The molecule has 0 aromatic heterocycles. The molecule has 21 heavy (non-hydrogen) atoms. The van der Waals surface area contributed by atoms with Crippen LogP contribution in [0.25, 0.3) is 11.1 Å². The smallest absolute Gasteiger partial charge is 0.0991 e. The fourth-order valence-corrected chi connectivity index (χ4v) is 2.58.